The molecule has 4 unspecified atom stereocenters. The first-order valence-electron chi connectivity index (χ1n) is 13.9. The normalized spacial score (nSPS) is 26.7. The molecule has 0 amide bonds. The van der Waals surface area contributed by atoms with Crippen molar-refractivity contribution in [2.45, 2.75) is 61.7 Å². The van der Waals surface area contributed by atoms with Gasteiger partial charge in [0.15, 0.2) is 17.7 Å². The summed E-state index contributed by atoms with van der Waals surface area (Å²) >= 11 is 0. The van der Waals surface area contributed by atoms with Crippen molar-refractivity contribution in [1.29, 1.82) is 0 Å². The zero-order valence-corrected chi connectivity index (χ0v) is 22.5. The second-order valence-electron chi connectivity index (χ2n) is 11.3. The lowest BCUT2D eigenvalue weighted by Crippen LogP contribution is -2.46. The fourth-order valence-electron chi connectivity index (χ4n) is 5.88. The number of benzene rings is 1. The standard InChI is InChI=1S/C27H36N8O6/c28-24-21-25(31-12-30-24)35(13-32-21)26-23(40)22(39)19(41-26)8-29-16-5-14(6-16)1-4-20-33-17-3-2-15(7-18(17)34-20)27(9-36,10-37)11-38/h2-3,7,12-14,16,19,22-23,26,29,36-40H,1,4-6,8-11H2,(H,33,34)(H2,28,30,31). The average molecular weight is 569 g/mol. The van der Waals surface area contributed by atoms with Crippen LogP contribution >= 0.6 is 0 Å². The number of aromatic amines is 1. The van der Waals surface area contributed by atoms with E-state index in [-0.39, 0.29) is 25.6 Å². The number of aromatic nitrogens is 6. The van der Waals surface area contributed by atoms with Crippen LogP contribution in [0.4, 0.5) is 5.82 Å². The van der Waals surface area contributed by atoms with Crippen molar-refractivity contribution in [2.24, 2.45) is 5.92 Å². The highest BCUT2D eigenvalue weighted by atomic mass is 16.6. The van der Waals surface area contributed by atoms with E-state index in [1.807, 2.05) is 12.1 Å². The van der Waals surface area contributed by atoms with Crippen LogP contribution in [-0.4, -0.2) is 106 Å². The predicted octanol–water partition coefficient (Wildman–Crippen LogP) is -0.880. The van der Waals surface area contributed by atoms with Gasteiger partial charge >= 0.3 is 0 Å². The molecule has 0 radical (unpaired) electrons. The molecule has 4 aromatic rings. The molecule has 1 saturated carbocycles. The Hall–Kier alpha value is -3.24. The van der Waals surface area contributed by atoms with Gasteiger partial charge in [0, 0.05) is 19.0 Å². The van der Waals surface area contributed by atoms with E-state index in [0.29, 0.717) is 35.2 Å². The Morgan fingerprint density at radius 2 is 1.85 bits per heavy atom. The van der Waals surface area contributed by atoms with E-state index in [2.05, 4.69) is 30.2 Å². The van der Waals surface area contributed by atoms with Crippen molar-refractivity contribution in [2.75, 3.05) is 32.1 Å². The van der Waals surface area contributed by atoms with Gasteiger partial charge in [-0.2, -0.15) is 0 Å². The van der Waals surface area contributed by atoms with Gasteiger partial charge in [-0.3, -0.25) is 4.57 Å². The smallest absolute Gasteiger partial charge is 0.167 e. The summed E-state index contributed by atoms with van der Waals surface area (Å²) in [6, 6.07) is 5.75. The highest BCUT2D eigenvalue weighted by molar-refractivity contribution is 5.81. The molecular weight excluding hydrogens is 532 g/mol. The Balaban J connectivity index is 0.985. The number of nitrogens with zero attached hydrogens (tertiary/aromatic N) is 5. The molecule has 2 aliphatic rings. The third-order valence-corrected chi connectivity index (χ3v) is 8.68. The van der Waals surface area contributed by atoms with Crippen LogP contribution in [0.3, 0.4) is 0 Å². The van der Waals surface area contributed by atoms with Crippen LogP contribution in [0.2, 0.25) is 0 Å². The molecule has 1 saturated heterocycles. The molecule has 4 heterocycles. The molecule has 1 aliphatic carbocycles. The minimum absolute atomic E-state index is 0.235. The zero-order valence-electron chi connectivity index (χ0n) is 22.5. The minimum atomic E-state index is -1.14. The third-order valence-electron chi connectivity index (χ3n) is 8.68. The molecule has 41 heavy (non-hydrogen) atoms. The second-order valence-corrected chi connectivity index (χ2v) is 11.3. The molecule has 220 valence electrons. The number of H-pyrrole nitrogens is 1. The fraction of sp³-hybridized carbons (Fsp3) is 0.556. The fourth-order valence-corrected chi connectivity index (χ4v) is 5.88. The van der Waals surface area contributed by atoms with Crippen LogP contribution in [0.1, 0.15) is 36.9 Å². The predicted molar refractivity (Wildman–Crippen MR) is 148 cm³/mol. The monoisotopic (exact) mass is 568 g/mol. The van der Waals surface area contributed by atoms with Gasteiger partial charge < -0.3 is 46.3 Å². The average Bonchev–Trinajstić information content (AvgIpc) is 3.65. The molecule has 1 aliphatic heterocycles. The molecule has 14 heteroatoms. The maximum absolute atomic E-state index is 10.7. The minimum Gasteiger partial charge on any atom is -0.395 e. The van der Waals surface area contributed by atoms with E-state index in [4.69, 9.17) is 10.5 Å². The lowest BCUT2D eigenvalue weighted by molar-refractivity contribution is -0.0357. The number of nitrogens with two attached hydrogens (primary N) is 1. The van der Waals surface area contributed by atoms with Gasteiger partial charge in [-0.25, -0.2) is 19.9 Å². The Kier molecular flexibility index (Phi) is 7.63. The molecule has 0 spiro atoms. The Morgan fingerprint density at radius 1 is 1.07 bits per heavy atom. The van der Waals surface area contributed by atoms with Gasteiger partial charge in [-0.05, 0) is 42.9 Å². The summed E-state index contributed by atoms with van der Waals surface area (Å²) in [5, 5.41) is 53.9. The summed E-state index contributed by atoms with van der Waals surface area (Å²) in [6.45, 7) is -0.672. The summed E-state index contributed by atoms with van der Waals surface area (Å²) < 4.78 is 7.59. The summed E-state index contributed by atoms with van der Waals surface area (Å²) in [6.07, 6.45) is 2.92. The number of aliphatic hydroxyl groups excluding tert-OH is 5. The molecule has 2 fully saturated rings. The Labute approximate surface area is 235 Å². The SMILES string of the molecule is Nc1ncnc2c1ncn2C1OC(CNC2CC(CCc3nc4ccc(C(CO)(CO)CO)cc4[nH]3)C2)C(O)C1O. The van der Waals surface area contributed by atoms with E-state index in [9.17, 15) is 25.5 Å². The summed E-state index contributed by atoms with van der Waals surface area (Å²) in [5.74, 6) is 1.65. The zero-order chi connectivity index (χ0) is 28.7. The summed E-state index contributed by atoms with van der Waals surface area (Å²) in [5.41, 5.74) is 7.88. The number of nitrogen functional groups attached to an aromatic ring is 1. The summed E-state index contributed by atoms with van der Waals surface area (Å²) in [4.78, 5) is 20.3. The number of nitrogens with one attached hydrogen (secondary N) is 2. The highest BCUT2D eigenvalue weighted by Gasteiger charge is 2.44. The van der Waals surface area contributed by atoms with Gasteiger partial charge in [-0.15, -0.1) is 0 Å². The molecule has 4 atom stereocenters. The van der Waals surface area contributed by atoms with E-state index < -0.39 is 30.0 Å². The van der Waals surface area contributed by atoms with Crippen molar-refractivity contribution >= 4 is 28.0 Å². The first-order chi connectivity index (χ1) is 19.9. The van der Waals surface area contributed by atoms with Gasteiger partial charge in [0.25, 0.3) is 0 Å². The van der Waals surface area contributed by atoms with Crippen LogP contribution in [0.15, 0.2) is 30.9 Å². The molecule has 6 rings (SSSR count). The Bertz CT molecular complexity index is 1490. The number of aryl methyl sites for hydroxylation is 1. The first kappa shape index (κ1) is 27.9. The van der Waals surface area contributed by atoms with Gasteiger partial charge in [-0.1, -0.05) is 6.07 Å². The van der Waals surface area contributed by atoms with Crippen LogP contribution in [0, 0.1) is 5.92 Å². The molecule has 9 N–H and O–H groups in total. The largest absolute Gasteiger partial charge is 0.395 e. The van der Waals surface area contributed by atoms with Gasteiger partial charge in [0.1, 0.15) is 36.0 Å². The number of hydrogen-bond donors (Lipinski definition) is 8. The maximum atomic E-state index is 10.7. The van der Waals surface area contributed by atoms with Crippen molar-refractivity contribution in [1.82, 2.24) is 34.8 Å². The number of fused-ring (bicyclic) bond motifs is 2. The topological polar surface area (TPSA) is 221 Å². The molecule has 14 nitrogen and oxygen atoms in total. The number of rotatable bonds is 11. The summed E-state index contributed by atoms with van der Waals surface area (Å²) in [7, 11) is 0. The van der Waals surface area contributed by atoms with E-state index in [1.165, 1.54) is 12.7 Å². The lowest BCUT2D eigenvalue weighted by Gasteiger charge is -2.36. The van der Waals surface area contributed by atoms with Crippen LogP contribution in [0.25, 0.3) is 22.2 Å². The van der Waals surface area contributed by atoms with Gasteiger partial charge in [0.05, 0.1) is 42.6 Å². The number of aliphatic hydroxyl groups is 5. The number of hydrogen-bond acceptors (Lipinski definition) is 12. The first-order valence-corrected chi connectivity index (χ1v) is 13.9. The highest BCUT2D eigenvalue weighted by Crippen LogP contribution is 2.34. The van der Waals surface area contributed by atoms with Gasteiger partial charge in [0.2, 0.25) is 0 Å². The number of ether oxygens (including phenoxy) is 1. The molecule has 0 bridgehead atoms. The van der Waals surface area contributed by atoms with E-state index >= 15 is 0 Å². The van der Waals surface area contributed by atoms with Crippen molar-refractivity contribution in [3.63, 3.8) is 0 Å². The number of imidazole rings is 2. The lowest BCUT2D eigenvalue weighted by atomic mass is 9.77. The van der Waals surface area contributed by atoms with E-state index in [0.717, 1.165) is 42.5 Å². The number of anilines is 1. The Morgan fingerprint density at radius 3 is 2.61 bits per heavy atom. The molecule has 1 aromatic carbocycles. The van der Waals surface area contributed by atoms with Crippen molar-refractivity contribution in [3.8, 4) is 0 Å². The maximum Gasteiger partial charge on any atom is 0.167 e. The second kappa shape index (κ2) is 11.2. The van der Waals surface area contributed by atoms with Crippen LogP contribution < -0.4 is 11.1 Å². The molecular formula is C27H36N8O6. The van der Waals surface area contributed by atoms with Crippen LogP contribution in [-0.2, 0) is 16.6 Å². The quantitative estimate of drug-likeness (QED) is 0.111. The van der Waals surface area contributed by atoms with Crippen LogP contribution in [0.5, 0.6) is 0 Å². The third kappa shape index (κ3) is 5.05. The van der Waals surface area contributed by atoms with Crippen molar-refractivity contribution in [3.05, 3.63) is 42.2 Å². The van der Waals surface area contributed by atoms with E-state index in [1.54, 1.807) is 10.6 Å². The molecule has 3 aromatic heterocycles. The van der Waals surface area contributed by atoms with Crippen molar-refractivity contribution < 1.29 is 30.3 Å².